The second kappa shape index (κ2) is 9.64. The number of carbonyl (C=O) groups excluding carboxylic acids is 1. The fourth-order valence-electron chi connectivity index (χ4n) is 4.13. The van der Waals surface area contributed by atoms with Crippen LogP contribution < -0.4 is 14.8 Å². The molecule has 0 bridgehead atoms. The third-order valence-electron chi connectivity index (χ3n) is 5.83. The van der Waals surface area contributed by atoms with Crippen LogP contribution in [-0.2, 0) is 13.1 Å². The van der Waals surface area contributed by atoms with Crippen molar-refractivity contribution in [3.05, 3.63) is 70.6 Å². The minimum absolute atomic E-state index is 0.00755. The first-order chi connectivity index (χ1) is 16.7. The van der Waals surface area contributed by atoms with Gasteiger partial charge in [0.05, 0.1) is 36.2 Å². The summed E-state index contributed by atoms with van der Waals surface area (Å²) >= 11 is 1.41. The van der Waals surface area contributed by atoms with Gasteiger partial charge in [0.15, 0.2) is 11.5 Å². The molecule has 0 spiro atoms. The molecule has 8 nitrogen and oxygen atoms in total. The van der Waals surface area contributed by atoms with E-state index < -0.39 is 0 Å². The number of para-hydroxylation sites is 1. The lowest BCUT2D eigenvalue weighted by atomic mass is 10.1. The fraction of sp³-hybridized carbons (Fsp3) is 0.280. The summed E-state index contributed by atoms with van der Waals surface area (Å²) in [6, 6.07) is 11.6. The van der Waals surface area contributed by atoms with Crippen molar-refractivity contribution in [2.24, 2.45) is 0 Å². The maximum atomic E-state index is 13.7. The van der Waals surface area contributed by atoms with Crippen LogP contribution in [0.2, 0.25) is 0 Å². The number of aromatic nitrogens is 3. The van der Waals surface area contributed by atoms with Crippen LogP contribution in [0.15, 0.2) is 48.9 Å². The van der Waals surface area contributed by atoms with Crippen molar-refractivity contribution in [1.82, 2.24) is 19.9 Å². The van der Waals surface area contributed by atoms with E-state index in [9.17, 15) is 4.79 Å². The van der Waals surface area contributed by atoms with E-state index in [0.717, 1.165) is 33.5 Å². The zero-order valence-electron chi connectivity index (χ0n) is 19.1. The molecule has 174 valence electrons. The Labute approximate surface area is 201 Å². The monoisotopic (exact) mass is 475 g/mol. The Morgan fingerprint density at radius 2 is 2.12 bits per heavy atom. The number of benzene rings is 1. The molecule has 1 amide bonds. The zero-order chi connectivity index (χ0) is 23.5. The van der Waals surface area contributed by atoms with E-state index >= 15 is 0 Å². The predicted octanol–water partition coefficient (Wildman–Crippen LogP) is 4.44. The number of ether oxygens (including phenoxy) is 2. The third-order valence-corrected chi connectivity index (χ3v) is 7.02. The van der Waals surface area contributed by atoms with Crippen LogP contribution in [0, 0.1) is 6.92 Å². The maximum Gasteiger partial charge on any atom is 0.264 e. The summed E-state index contributed by atoms with van der Waals surface area (Å²) in [5, 5.41) is 4.24. The number of fused-ring (bicyclic) bond motifs is 2. The van der Waals surface area contributed by atoms with Crippen LogP contribution in [-0.4, -0.2) is 46.0 Å². The van der Waals surface area contributed by atoms with Crippen molar-refractivity contribution in [3.63, 3.8) is 0 Å². The van der Waals surface area contributed by atoms with Gasteiger partial charge in [-0.15, -0.1) is 11.3 Å². The van der Waals surface area contributed by atoms with Crippen molar-refractivity contribution in [1.29, 1.82) is 0 Å². The number of aryl methyl sites for hydroxylation is 1. The van der Waals surface area contributed by atoms with Gasteiger partial charge in [0.2, 0.25) is 0 Å². The molecule has 1 aliphatic heterocycles. The van der Waals surface area contributed by atoms with Crippen LogP contribution in [0.4, 0.5) is 5.82 Å². The number of thiophene rings is 1. The normalized spacial score (nSPS) is 13.5. The van der Waals surface area contributed by atoms with Gasteiger partial charge in [-0.3, -0.25) is 9.78 Å². The van der Waals surface area contributed by atoms with Crippen LogP contribution in [0.25, 0.3) is 10.2 Å². The molecule has 9 heteroatoms. The number of hydrogen-bond donors (Lipinski definition) is 1. The van der Waals surface area contributed by atoms with Gasteiger partial charge in [0.25, 0.3) is 5.91 Å². The first-order valence-corrected chi connectivity index (χ1v) is 11.9. The topological polar surface area (TPSA) is 89.5 Å². The van der Waals surface area contributed by atoms with E-state index in [1.54, 1.807) is 13.3 Å². The summed E-state index contributed by atoms with van der Waals surface area (Å²) < 4.78 is 11.4. The van der Waals surface area contributed by atoms with E-state index in [-0.39, 0.29) is 5.91 Å². The summed E-state index contributed by atoms with van der Waals surface area (Å²) in [5.41, 5.74) is 2.73. The van der Waals surface area contributed by atoms with Gasteiger partial charge in [-0.1, -0.05) is 18.2 Å². The van der Waals surface area contributed by atoms with Gasteiger partial charge < -0.3 is 19.7 Å². The standard InChI is InChI=1S/C25H25N5O3S/c1-16-20-23(27-13-18-8-3-4-10-26-18)28-15-29-24(20)34-22(16)25(31)30-11-6-12-33-21-17(14-30)7-5-9-19(21)32-2/h3-5,7-10,15H,6,11-14H2,1-2H3,(H,27,28,29). The maximum absolute atomic E-state index is 13.7. The number of nitrogens with one attached hydrogen (secondary N) is 1. The third kappa shape index (κ3) is 4.26. The van der Waals surface area contributed by atoms with Gasteiger partial charge in [-0.2, -0.15) is 0 Å². The Kier molecular flexibility index (Phi) is 6.27. The largest absolute Gasteiger partial charge is 0.493 e. The average Bonchev–Trinajstić information content (AvgIpc) is 3.20. The Balaban J connectivity index is 1.44. The highest BCUT2D eigenvalue weighted by Gasteiger charge is 2.26. The number of methoxy groups -OCH3 is 1. The van der Waals surface area contributed by atoms with E-state index in [1.165, 1.54) is 17.7 Å². The highest BCUT2D eigenvalue weighted by molar-refractivity contribution is 7.20. The lowest BCUT2D eigenvalue weighted by molar-refractivity contribution is 0.0725. The number of pyridine rings is 1. The molecule has 0 radical (unpaired) electrons. The van der Waals surface area contributed by atoms with Crippen LogP contribution >= 0.6 is 11.3 Å². The quantitative estimate of drug-likeness (QED) is 0.456. The second-order valence-electron chi connectivity index (χ2n) is 8.01. The molecule has 0 fully saturated rings. The summed E-state index contributed by atoms with van der Waals surface area (Å²) in [6.45, 7) is 4.09. The molecule has 0 atom stereocenters. The van der Waals surface area contributed by atoms with Crippen molar-refractivity contribution < 1.29 is 14.3 Å². The fourth-order valence-corrected chi connectivity index (χ4v) is 5.24. The average molecular weight is 476 g/mol. The van der Waals surface area contributed by atoms with Crippen LogP contribution in [0.5, 0.6) is 11.5 Å². The first-order valence-electron chi connectivity index (χ1n) is 11.1. The van der Waals surface area contributed by atoms with E-state index in [0.29, 0.717) is 48.4 Å². The SMILES string of the molecule is COc1cccc2c1OCCCN(C(=O)c1sc3ncnc(NCc4ccccn4)c3c1C)C2. The van der Waals surface area contributed by atoms with Crippen LogP contribution in [0.1, 0.15) is 32.9 Å². The Morgan fingerprint density at radius 1 is 1.21 bits per heavy atom. The highest BCUT2D eigenvalue weighted by Crippen LogP contribution is 2.36. The lowest BCUT2D eigenvalue weighted by Gasteiger charge is -2.27. The van der Waals surface area contributed by atoms with Gasteiger partial charge in [-0.05, 0) is 37.1 Å². The van der Waals surface area contributed by atoms with Crippen molar-refractivity contribution in [3.8, 4) is 11.5 Å². The van der Waals surface area contributed by atoms with Gasteiger partial charge in [-0.25, -0.2) is 9.97 Å². The first kappa shape index (κ1) is 22.1. The van der Waals surface area contributed by atoms with Crippen molar-refractivity contribution in [2.45, 2.75) is 26.4 Å². The van der Waals surface area contributed by atoms with Crippen molar-refractivity contribution in [2.75, 3.05) is 25.6 Å². The summed E-state index contributed by atoms with van der Waals surface area (Å²) in [5.74, 6) is 2.10. The minimum atomic E-state index is -0.00755. The number of amides is 1. The number of hydrogen-bond acceptors (Lipinski definition) is 8. The summed E-state index contributed by atoms with van der Waals surface area (Å²) in [7, 11) is 1.63. The molecular formula is C25H25N5O3S. The summed E-state index contributed by atoms with van der Waals surface area (Å²) in [4.78, 5) is 30.3. The number of rotatable bonds is 5. The molecule has 0 saturated heterocycles. The van der Waals surface area contributed by atoms with E-state index in [4.69, 9.17) is 9.47 Å². The molecule has 34 heavy (non-hydrogen) atoms. The zero-order valence-corrected chi connectivity index (χ0v) is 19.9. The number of carbonyl (C=O) groups is 1. The lowest BCUT2D eigenvalue weighted by Crippen LogP contribution is -2.33. The summed E-state index contributed by atoms with van der Waals surface area (Å²) in [6.07, 6.45) is 4.04. The Hall–Kier alpha value is -3.72. The molecule has 1 aromatic carbocycles. The molecule has 1 N–H and O–H groups in total. The van der Waals surface area contributed by atoms with E-state index in [1.807, 2.05) is 48.2 Å². The van der Waals surface area contributed by atoms with Crippen molar-refractivity contribution >= 4 is 33.3 Å². The molecule has 4 heterocycles. The molecule has 4 aromatic rings. The van der Waals surface area contributed by atoms with Gasteiger partial charge in [0, 0.05) is 24.8 Å². The smallest absolute Gasteiger partial charge is 0.264 e. The molecule has 3 aromatic heterocycles. The molecular weight excluding hydrogens is 450 g/mol. The van der Waals surface area contributed by atoms with Gasteiger partial charge in [0.1, 0.15) is 17.0 Å². The Morgan fingerprint density at radius 3 is 2.94 bits per heavy atom. The molecule has 0 unspecified atom stereocenters. The Bertz CT molecular complexity index is 1330. The molecule has 0 saturated carbocycles. The molecule has 0 aliphatic carbocycles. The van der Waals surface area contributed by atoms with Gasteiger partial charge >= 0.3 is 0 Å². The number of anilines is 1. The molecule has 1 aliphatic rings. The van der Waals surface area contributed by atoms with E-state index in [2.05, 4.69) is 20.3 Å². The van der Waals surface area contributed by atoms with Crippen LogP contribution in [0.3, 0.4) is 0 Å². The number of nitrogens with zero attached hydrogens (tertiary/aromatic N) is 4. The minimum Gasteiger partial charge on any atom is -0.493 e. The highest BCUT2D eigenvalue weighted by atomic mass is 32.1. The molecule has 5 rings (SSSR count). The second-order valence-corrected chi connectivity index (χ2v) is 9.01. The predicted molar refractivity (Wildman–Crippen MR) is 132 cm³/mol.